The van der Waals surface area contributed by atoms with Crippen molar-refractivity contribution >= 4 is 23.8 Å². The summed E-state index contributed by atoms with van der Waals surface area (Å²) in [5.41, 5.74) is -7.42. The monoisotopic (exact) mass is 1130 g/mol. The second-order valence-corrected chi connectivity index (χ2v) is 14.1. The number of amides is 1. The summed E-state index contributed by atoms with van der Waals surface area (Å²) in [4.78, 5) is 53.0. The molecule has 6 N–H and O–H groups in total. The molecule has 3 fully saturated rings. The number of fused-ring (bicyclic) bond motifs is 5. The molecular weight excluding hydrogens is 1090 g/mol. The van der Waals surface area contributed by atoms with E-state index in [1.807, 2.05) is 0 Å². The molecule has 1 saturated heterocycles. The number of carbonyl (C=O) groups excluding carboxylic acids is 4. The third-order valence-corrected chi connectivity index (χ3v) is 11.0. The van der Waals surface area contributed by atoms with Gasteiger partial charge < -0.3 is 54.2 Å². The Morgan fingerprint density at radius 3 is 2.32 bits per heavy atom. The Balaban J connectivity index is 0.00000338. The molecule has 2 heterocycles. The van der Waals surface area contributed by atoms with Gasteiger partial charge in [0.25, 0.3) is 0 Å². The minimum atomic E-state index is -2.24. The van der Waals surface area contributed by atoms with E-state index < -0.39 is 101 Å². The molecule has 17 heteroatoms. The molecule has 1 aromatic rings. The summed E-state index contributed by atoms with van der Waals surface area (Å²) < 4.78 is 27.5. The molecule has 272 valence electrons. The SMILES string of the molecule is CCCOC(=O)N[C@@H](c1ccco1)[C@@H](O)C(=O)O[C@H]1C[C@@]2(O)[C@@H](OC(C)=O)[C@@H]3[C@]4(O)CO[C@@H]4C[C@H](O)[C@@]3(C)C(=O)[C@H](O)C(=C1C)C2(C)C.[Ac].[Ac]. The first kappa shape index (κ1) is 43.9. The molecule has 0 unspecified atom stereocenters. The van der Waals surface area contributed by atoms with Crippen molar-refractivity contribution in [1.29, 1.82) is 0 Å². The number of ether oxygens (including phenoxy) is 4. The van der Waals surface area contributed by atoms with E-state index in [2.05, 4.69) is 5.32 Å². The molecule has 2 bridgehead atoms. The van der Waals surface area contributed by atoms with Gasteiger partial charge in [-0.25, -0.2) is 9.59 Å². The van der Waals surface area contributed by atoms with Crippen molar-refractivity contribution in [3.8, 4) is 0 Å². The molecule has 5 rings (SSSR count). The Morgan fingerprint density at radius 2 is 1.78 bits per heavy atom. The predicted octanol–water partition coefficient (Wildman–Crippen LogP) is 0.599. The van der Waals surface area contributed by atoms with Crippen LogP contribution in [0.3, 0.4) is 0 Å². The molecule has 11 atom stereocenters. The quantitative estimate of drug-likeness (QED) is 0.119. The normalized spacial score (nSPS) is 36.7. The summed E-state index contributed by atoms with van der Waals surface area (Å²) in [6.45, 7) is 8.58. The van der Waals surface area contributed by atoms with Gasteiger partial charge >= 0.3 is 18.0 Å². The maximum Gasteiger partial charge on any atom is 0.407 e. The van der Waals surface area contributed by atoms with Crippen LogP contribution in [0.25, 0.3) is 0 Å². The number of aliphatic hydroxyl groups excluding tert-OH is 3. The van der Waals surface area contributed by atoms with Gasteiger partial charge in [-0.05, 0) is 43.5 Å². The van der Waals surface area contributed by atoms with E-state index in [1.54, 1.807) is 6.92 Å². The predicted molar refractivity (Wildman–Crippen MR) is 162 cm³/mol. The van der Waals surface area contributed by atoms with Crippen LogP contribution in [0.5, 0.6) is 0 Å². The Kier molecular flexibility index (Phi) is 14.2. The summed E-state index contributed by atoms with van der Waals surface area (Å²) in [7, 11) is 0. The molecule has 4 aliphatic rings. The van der Waals surface area contributed by atoms with Crippen LogP contribution in [-0.2, 0) is 33.3 Å². The van der Waals surface area contributed by atoms with E-state index in [4.69, 9.17) is 23.4 Å². The van der Waals surface area contributed by atoms with Crippen molar-refractivity contribution in [1.82, 2.24) is 5.32 Å². The van der Waals surface area contributed by atoms with Crippen molar-refractivity contribution in [2.75, 3.05) is 13.2 Å². The van der Waals surface area contributed by atoms with E-state index in [9.17, 15) is 44.7 Å². The minimum Gasteiger partial charge on any atom is -0.467 e. The average Bonchev–Trinajstić information content (AvgIpc) is 3.55. The zero-order valence-corrected chi connectivity index (χ0v) is 38.4. The first-order valence-corrected chi connectivity index (χ1v) is 16.1. The fourth-order valence-corrected chi connectivity index (χ4v) is 8.28. The molecule has 2 saturated carbocycles. The van der Waals surface area contributed by atoms with Gasteiger partial charge in [-0.3, -0.25) is 9.59 Å². The molecule has 0 spiro atoms. The van der Waals surface area contributed by atoms with Crippen molar-refractivity contribution in [2.45, 2.75) is 115 Å². The zero-order valence-electron chi connectivity index (χ0n) is 29.0. The number of rotatable bonds is 8. The third-order valence-electron chi connectivity index (χ3n) is 11.0. The molecular formula is C33H45Ac2NO14. The van der Waals surface area contributed by atoms with Gasteiger partial charge in [-0.2, -0.15) is 0 Å². The number of hydrogen-bond acceptors (Lipinski definition) is 14. The van der Waals surface area contributed by atoms with E-state index >= 15 is 0 Å². The second-order valence-electron chi connectivity index (χ2n) is 14.1. The number of Topliss-reactive ketones (excluding diaryl/α,β-unsaturated/α-hetero) is 1. The van der Waals surface area contributed by atoms with Gasteiger partial charge in [0.1, 0.15) is 41.3 Å². The molecule has 1 aromatic heterocycles. The fourth-order valence-electron chi connectivity index (χ4n) is 8.28. The first-order chi connectivity index (χ1) is 22.4. The van der Waals surface area contributed by atoms with E-state index in [0.29, 0.717) is 6.42 Å². The van der Waals surface area contributed by atoms with Crippen molar-refractivity contribution in [3.63, 3.8) is 0 Å². The summed E-state index contributed by atoms with van der Waals surface area (Å²) >= 11 is 0. The minimum absolute atomic E-state index is 0. The number of esters is 2. The van der Waals surface area contributed by atoms with E-state index in [0.717, 1.165) is 6.92 Å². The van der Waals surface area contributed by atoms with Crippen LogP contribution < -0.4 is 5.32 Å². The molecule has 3 aliphatic carbocycles. The van der Waals surface area contributed by atoms with Crippen molar-refractivity contribution in [2.24, 2.45) is 16.7 Å². The Bertz CT molecular complexity index is 1480. The van der Waals surface area contributed by atoms with Crippen molar-refractivity contribution < 1.29 is 156 Å². The molecule has 1 aliphatic heterocycles. The van der Waals surface area contributed by atoms with E-state index in [1.165, 1.54) is 46.1 Å². The number of alkyl carbamates (subject to hydrolysis) is 1. The summed E-state index contributed by atoms with van der Waals surface area (Å²) in [6, 6.07) is 1.45. The number of nitrogens with one attached hydrogen (secondary N) is 1. The molecule has 1 amide bonds. The van der Waals surface area contributed by atoms with Crippen LogP contribution in [0.4, 0.5) is 4.79 Å². The van der Waals surface area contributed by atoms with Gasteiger partial charge in [-0.15, -0.1) is 0 Å². The average molecular weight is 1130 g/mol. The van der Waals surface area contributed by atoms with E-state index in [-0.39, 0.29) is 125 Å². The smallest absolute Gasteiger partial charge is 0.407 e. The number of aliphatic hydroxyl groups is 5. The maximum absolute atomic E-state index is 14.4. The van der Waals surface area contributed by atoms with Crippen LogP contribution in [0.1, 0.15) is 72.6 Å². The Hall–Kier alpha value is -0.457. The summed E-state index contributed by atoms with van der Waals surface area (Å²) in [5, 5.41) is 61.5. The molecule has 50 heavy (non-hydrogen) atoms. The Labute approximate surface area is 361 Å². The van der Waals surface area contributed by atoms with Gasteiger partial charge in [0.2, 0.25) is 0 Å². The van der Waals surface area contributed by atoms with Crippen LogP contribution in [0, 0.1) is 105 Å². The molecule has 2 radical (unpaired) electrons. The standard InChI is InChI=1S/C33H45NO14.2Ac/c1-7-10-45-29(41)34-22(17-9-8-11-44-17)24(38)28(40)48-18-13-33(43)27(47-16(3)35)25-31(6,19(36)12-20-32(25,42)14-46-20)26(39)23(37)21(15(18)2)30(33,4)5;;/h8-9,11,18-20,22-25,27,36-38,42-43H,7,10,12-14H2,1-6H3,(H,34,41);;/t18-,19-,20+,22-,23+,24+,25-,27-,31+,32-,33+;;/m0../s1. The first-order valence-electron chi connectivity index (χ1n) is 16.1. The summed E-state index contributed by atoms with van der Waals surface area (Å²) in [6.07, 6.45) is -9.29. The van der Waals surface area contributed by atoms with Gasteiger partial charge in [0.05, 0.1) is 37.1 Å². The second kappa shape index (κ2) is 16.1. The third kappa shape index (κ3) is 7.09. The number of carbonyl (C=O) groups is 4. The zero-order chi connectivity index (χ0) is 35.6. The molecule has 0 aromatic carbocycles. The molecule has 15 nitrogen and oxygen atoms in total. The van der Waals surface area contributed by atoms with Crippen LogP contribution in [0.15, 0.2) is 34.0 Å². The fraction of sp³-hybridized carbons (Fsp3) is 0.697. The summed E-state index contributed by atoms with van der Waals surface area (Å²) in [5.74, 6) is -4.47. The van der Waals surface area contributed by atoms with Crippen molar-refractivity contribution in [3.05, 3.63) is 35.3 Å². The van der Waals surface area contributed by atoms with Gasteiger partial charge in [0.15, 0.2) is 11.9 Å². The maximum atomic E-state index is 14.4. The van der Waals surface area contributed by atoms with Gasteiger partial charge in [-0.1, -0.05) is 20.8 Å². The van der Waals surface area contributed by atoms with Crippen LogP contribution >= 0.6 is 0 Å². The number of furan rings is 1. The van der Waals surface area contributed by atoms with Crippen LogP contribution in [0.2, 0.25) is 0 Å². The largest absolute Gasteiger partial charge is 0.467 e. The van der Waals surface area contributed by atoms with Crippen LogP contribution in [-0.4, -0.2) is 110 Å². The topological polar surface area (TPSA) is 232 Å². The number of hydrogen-bond donors (Lipinski definition) is 6. The van der Waals surface area contributed by atoms with Gasteiger partial charge in [0, 0.05) is 119 Å². The number of ketones is 1. The Morgan fingerprint density at radius 1 is 1.12 bits per heavy atom.